The van der Waals surface area contributed by atoms with Crippen LogP contribution in [0.15, 0.2) is 64.0 Å². The Kier molecular flexibility index (Phi) is 4.28. The average Bonchev–Trinajstić information content (AvgIpc) is 3.11. The van der Waals surface area contributed by atoms with Crippen molar-refractivity contribution < 1.29 is 4.79 Å². The van der Waals surface area contributed by atoms with Crippen LogP contribution in [0.1, 0.15) is 5.56 Å². The van der Waals surface area contributed by atoms with E-state index < -0.39 is 0 Å². The second-order valence-corrected chi connectivity index (χ2v) is 5.99. The summed E-state index contributed by atoms with van der Waals surface area (Å²) in [4.78, 5) is 20.8. The van der Waals surface area contributed by atoms with Gasteiger partial charge >= 0.3 is 0 Å². The third kappa shape index (κ3) is 3.68. The quantitative estimate of drug-likeness (QED) is 0.881. The van der Waals surface area contributed by atoms with Gasteiger partial charge in [0.1, 0.15) is 0 Å². The lowest BCUT2D eigenvalue weighted by Crippen LogP contribution is -2.19. The van der Waals surface area contributed by atoms with E-state index in [2.05, 4.69) is 15.3 Å². The molecule has 3 rings (SSSR count). The summed E-state index contributed by atoms with van der Waals surface area (Å²) in [6.07, 6.45) is 7.29. The first kappa shape index (κ1) is 13.8. The molecule has 6 heteroatoms. The molecular weight excluding hydrogens is 302 g/mol. The van der Waals surface area contributed by atoms with Gasteiger partial charge < -0.3 is 5.32 Å². The number of hydrogen-bond donors (Lipinski definition) is 1. The number of hydrogen-bond acceptors (Lipinski definition) is 5. The molecule has 2 heterocycles. The largest absolute Gasteiger partial charge is 0.300 e. The summed E-state index contributed by atoms with van der Waals surface area (Å²) in [6.45, 7) is 0. The highest BCUT2D eigenvalue weighted by Gasteiger charge is 2.23. The molecule has 21 heavy (non-hydrogen) atoms. The van der Waals surface area contributed by atoms with E-state index in [9.17, 15) is 4.79 Å². The number of carbonyl (C=O) groups is 1. The van der Waals surface area contributed by atoms with Crippen LogP contribution in [0.2, 0.25) is 0 Å². The summed E-state index contributed by atoms with van der Waals surface area (Å²) in [7, 11) is 0. The van der Waals surface area contributed by atoms with Gasteiger partial charge in [0, 0.05) is 11.6 Å². The van der Waals surface area contributed by atoms with Crippen LogP contribution in [-0.2, 0) is 4.79 Å². The SMILES string of the molecule is O=C1N/C(=N\c2nccs2)S/C1=C\C=C/c1ccccc1. The molecule has 1 fully saturated rings. The minimum atomic E-state index is -0.131. The normalized spacial score (nSPS) is 18.8. The third-order valence-electron chi connectivity index (χ3n) is 2.60. The first-order chi connectivity index (χ1) is 10.3. The second-order valence-electron chi connectivity index (χ2n) is 4.09. The van der Waals surface area contributed by atoms with E-state index in [1.54, 1.807) is 12.3 Å². The van der Waals surface area contributed by atoms with Gasteiger partial charge in [-0.2, -0.15) is 4.99 Å². The van der Waals surface area contributed by atoms with Crippen molar-refractivity contribution in [2.24, 2.45) is 4.99 Å². The van der Waals surface area contributed by atoms with Crippen molar-refractivity contribution in [3.05, 3.63) is 64.5 Å². The number of carbonyl (C=O) groups excluding carboxylic acids is 1. The predicted octanol–water partition coefficient (Wildman–Crippen LogP) is 3.59. The summed E-state index contributed by atoms with van der Waals surface area (Å²) in [5.74, 6) is -0.131. The van der Waals surface area contributed by atoms with E-state index in [4.69, 9.17) is 0 Å². The van der Waals surface area contributed by atoms with Crippen molar-refractivity contribution in [2.75, 3.05) is 0 Å². The molecule has 1 aromatic heterocycles. The van der Waals surface area contributed by atoms with Crippen molar-refractivity contribution in [3.63, 3.8) is 0 Å². The minimum Gasteiger partial charge on any atom is -0.300 e. The number of thiazole rings is 1. The molecule has 0 unspecified atom stereocenters. The number of aliphatic imine (C=N–C) groups is 1. The molecule has 1 aromatic carbocycles. The highest BCUT2D eigenvalue weighted by Crippen LogP contribution is 2.26. The number of thioether (sulfide) groups is 1. The Morgan fingerprint density at radius 1 is 1.24 bits per heavy atom. The van der Waals surface area contributed by atoms with E-state index in [1.807, 2.05) is 47.9 Å². The zero-order valence-corrected chi connectivity index (χ0v) is 12.5. The van der Waals surface area contributed by atoms with E-state index in [0.29, 0.717) is 15.2 Å². The number of rotatable bonds is 3. The summed E-state index contributed by atoms with van der Waals surface area (Å²) in [5, 5.41) is 5.78. The van der Waals surface area contributed by atoms with Crippen molar-refractivity contribution in [1.82, 2.24) is 10.3 Å². The van der Waals surface area contributed by atoms with E-state index >= 15 is 0 Å². The molecule has 0 saturated carbocycles. The fourth-order valence-corrected chi connectivity index (χ4v) is 3.01. The Labute approximate surface area is 130 Å². The number of aromatic nitrogens is 1. The Hall–Kier alpha value is -2.18. The molecular formula is C15H11N3OS2. The number of nitrogens with zero attached hydrogens (tertiary/aromatic N) is 2. The molecule has 0 aliphatic carbocycles. The van der Waals surface area contributed by atoms with Crippen molar-refractivity contribution in [2.45, 2.75) is 0 Å². The molecule has 2 aromatic rings. The van der Waals surface area contributed by atoms with Crippen molar-refractivity contribution in [1.29, 1.82) is 0 Å². The maximum absolute atomic E-state index is 11.8. The molecule has 0 spiro atoms. The number of amides is 1. The highest BCUT2D eigenvalue weighted by atomic mass is 32.2. The lowest BCUT2D eigenvalue weighted by molar-refractivity contribution is -0.115. The lowest BCUT2D eigenvalue weighted by Gasteiger charge is -1.90. The summed E-state index contributed by atoms with van der Waals surface area (Å²) >= 11 is 2.75. The average molecular weight is 313 g/mol. The second kappa shape index (κ2) is 6.51. The smallest absolute Gasteiger partial charge is 0.264 e. The first-order valence-electron chi connectivity index (χ1n) is 6.22. The Bertz CT molecular complexity index is 719. The maximum Gasteiger partial charge on any atom is 0.264 e. The standard InChI is InChI=1S/C15H11N3OS2/c19-13-12(8-4-7-11-5-2-1-3-6-11)21-15(17-13)18-14-16-9-10-20-14/h1-10H,(H,16,17,18,19)/b7-4-,12-8-. The minimum absolute atomic E-state index is 0.131. The van der Waals surface area contributed by atoms with Crippen LogP contribution in [0.5, 0.6) is 0 Å². The molecule has 0 atom stereocenters. The van der Waals surface area contributed by atoms with Gasteiger partial charge in [0.15, 0.2) is 5.17 Å². The Balaban J connectivity index is 1.70. The van der Waals surface area contributed by atoms with Gasteiger partial charge in [0.25, 0.3) is 5.91 Å². The number of benzene rings is 1. The highest BCUT2D eigenvalue weighted by molar-refractivity contribution is 8.18. The van der Waals surface area contributed by atoms with Crippen LogP contribution >= 0.6 is 23.1 Å². The van der Waals surface area contributed by atoms with Gasteiger partial charge in [-0.3, -0.25) is 4.79 Å². The molecule has 4 nitrogen and oxygen atoms in total. The van der Waals surface area contributed by atoms with E-state index in [1.165, 1.54) is 23.1 Å². The fraction of sp³-hybridized carbons (Fsp3) is 0. The van der Waals surface area contributed by atoms with Crippen LogP contribution in [0.4, 0.5) is 5.13 Å². The van der Waals surface area contributed by atoms with Gasteiger partial charge in [-0.15, -0.1) is 11.3 Å². The Morgan fingerprint density at radius 3 is 2.86 bits per heavy atom. The molecule has 0 radical (unpaired) electrons. The predicted molar refractivity (Wildman–Crippen MR) is 88.5 cm³/mol. The molecule has 1 N–H and O–H groups in total. The zero-order valence-electron chi connectivity index (χ0n) is 10.9. The van der Waals surface area contributed by atoms with Gasteiger partial charge in [-0.1, -0.05) is 42.5 Å². The molecule has 1 saturated heterocycles. The van der Waals surface area contributed by atoms with E-state index in [-0.39, 0.29) is 5.91 Å². The van der Waals surface area contributed by atoms with Crippen LogP contribution in [0, 0.1) is 0 Å². The molecule has 0 bridgehead atoms. The number of allylic oxidation sites excluding steroid dienone is 2. The maximum atomic E-state index is 11.8. The third-order valence-corrected chi connectivity index (χ3v) is 4.20. The molecule has 1 amide bonds. The molecule has 1 aliphatic rings. The van der Waals surface area contributed by atoms with Crippen LogP contribution < -0.4 is 5.32 Å². The Morgan fingerprint density at radius 2 is 2.10 bits per heavy atom. The summed E-state index contributed by atoms with van der Waals surface area (Å²) in [6, 6.07) is 9.93. The molecule has 104 valence electrons. The summed E-state index contributed by atoms with van der Waals surface area (Å²) < 4.78 is 0. The van der Waals surface area contributed by atoms with Gasteiger partial charge in [0.2, 0.25) is 5.13 Å². The van der Waals surface area contributed by atoms with Gasteiger partial charge in [-0.05, 0) is 23.4 Å². The lowest BCUT2D eigenvalue weighted by atomic mass is 10.2. The zero-order chi connectivity index (χ0) is 14.5. The van der Waals surface area contributed by atoms with Crippen LogP contribution in [0.3, 0.4) is 0 Å². The van der Waals surface area contributed by atoms with Gasteiger partial charge in [-0.25, -0.2) is 4.98 Å². The van der Waals surface area contributed by atoms with Crippen LogP contribution in [0.25, 0.3) is 6.08 Å². The van der Waals surface area contributed by atoms with Gasteiger partial charge in [0.05, 0.1) is 4.91 Å². The number of nitrogens with one attached hydrogen (secondary N) is 1. The first-order valence-corrected chi connectivity index (χ1v) is 7.92. The summed E-state index contributed by atoms with van der Waals surface area (Å²) in [5.41, 5.74) is 1.09. The van der Waals surface area contributed by atoms with Crippen molar-refractivity contribution in [3.8, 4) is 0 Å². The molecule has 1 aliphatic heterocycles. The van der Waals surface area contributed by atoms with Crippen LogP contribution in [-0.4, -0.2) is 16.1 Å². The van der Waals surface area contributed by atoms with E-state index in [0.717, 1.165) is 5.56 Å². The van der Waals surface area contributed by atoms with Crippen molar-refractivity contribution >= 4 is 45.4 Å². The monoisotopic (exact) mass is 313 g/mol. The number of amidine groups is 1. The topological polar surface area (TPSA) is 54.4 Å². The fourth-order valence-electron chi connectivity index (χ4n) is 1.66.